The van der Waals surface area contributed by atoms with E-state index in [4.69, 9.17) is 9.47 Å². The molecular weight excluding hydrogens is 437 g/mol. The molecule has 10 heteroatoms. The van der Waals surface area contributed by atoms with Crippen LogP contribution in [0.5, 0.6) is 11.5 Å². The molecule has 0 unspecified atom stereocenters. The van der Waals surface area contributed by atoms with Crippen molar-refractivity contribution in [2.24, 2.45) is 0 Å². The lowest BCUT2D eigenvalue weighted by atomic mass is 10.0. The van der Waals surface area contributed by atoms with Crippen molar-refractivity contribution in [2.45, 2.75) is 32.4 Å². The van der Waals surface area contributed by atoms with Crippen molar-refractivity contribution in [1.29, 1.82) is 0 Å². The third kappa shape index (κ3) is 4.50. The average Bonchev–Trinajstić information content (AvgIpc) is 2.75. The molecule has 0 radical (unpaired) electrons. The molecule has 4 rings (SSSR count). The smallest absolute Gasteiger partial charge is 0.266 e. The zero-order chi connectivity index (χ0) is 23.7. The maximum atomic E-state index is 14.6. The molecule has 2 heterocycles. The van der Waals surface area contributed by atoms with Crippen molar-refractivity contribution in [3.05, 3.63) is 53.5 Å². The minimum Gasteiger partial charge on any atom is -0.493 e. The number of alkyl halides is 2. The molecule has 174 valence electrons. The molecule has 0 bridgehead atoms. The predicted octanol–water partition coefficient (Wildman–Crippen LogP) is 4.50. The second-order valence-corrected chi connectivity index (χ2v) is 7.86. The highest BCUT2D eigenvalue weighted by molar-refractivity contribution is 5.93. The molecule has 7 nitrogen and oxygen atoms in total. The maximum Gasteiger partial charge on any atom is 0.266 e. The number of hydrogen-bond donors (Lipinski definition) is 1. The molecule has 3 aromatic rings. The van der Waals surface area contributed by atoms with E-state index < -0.39 is 23.8 Å². The van der Waals surface area contributed by atoms with Gasteiger partial charge in [0, 0.05) is 23.9 Å². The molecule has 1 fully saturated rings. The van der Waals surface area contributed by atoms with Gasteiger partial charge in [0.1, 0.15) is 11.9 Å². The van der Waals surface area contributed by atoms with E-state index in [1.807, 2.05) is 0 Å². The number of methoxy groups -OCH3 is 1. The van der Waals surface area contributed by atoms with Crippen LogP contribution in [-0.4, -0.2) is 47.3 Å². The standard InChI is InChI=1S/C23H23F3N4O3/c1-12(15-5-4-6-16(22(15)24)23(25)26)28-19-9-27-29-18-8-20(32-3)21(7-17(18)19)33-14-10-30(11-14)13(2)31/h4-9,12,14,23H,10-11H2,1-3H3,(H,28,29)/t12-/m1/s1. The van der Waals surface area contributed by atoms with E-state index >= 15 is 0 Å². The molecule has 1 aliphatic rings. The number of carbonyl (C=O) groups is 1. The molecule has 1 aliphatic heterocycles. The lowest BCUT2D eigenvalue weighted by Gasteiger charge is -2.38. The Hall–Kier alpha value is -3.56. The van der Waals surface area contributed by atoms with Crippen LogP contribution in [0.3, 0.4) is 0 Å². The first-order chi connectivity index (χ1) is 15.8. The van der Waals surface area contributed by atoms with Crippen LogP contribution in [0.25, 0.3) is 10.9 Å². The first kappa shape index (κ1) is 22.6. The van der Waals surface area contributed by atoms with Gasteiger partial charge in [-0.25, -0.2) is 13.2 Å². The lowest BCUT2D eigenvalue weighted by Crippen LogP contribution is -2.55. The molecule has 0 aliphatic carbocycles. The minimum absolute atomic E-state index is 0.0146. The number of aromatic nitrogens is 2. The normalized spacial score (nSPS) is 14.8. The Morgan fingerprint density at radius 2 is 1.94 bits per heavy atom. The lowest BCUT2D eigenvalue weighted by molar-refractivity contribution is -0.137. The summed E-state index contributed by atoms with van der Waals surface area (Å²) in [5.74, 6) is -0.0320. The van der Waals surface area contributed by atoms with Gasteiger partial charge in [0.05, 0.1) is 49.2 Å². The Balaban J connectivity index is 1.63. The summed E-state index contributed by atoms with van der Waals surface area (Å²) in [5.41, 5.74) is 0.513. The Kier molecular flexibility index (Phi) is 6.26. The van der Waals surface area contributed by atoms with Crippen molar-refractivity contribution in [3.8, 4) is 11.5 Å². The number of ether oxygens (including phenoxy) is 2. The number of fused-ring (bicyclic) bond motifs is 1. The van der Waals surface area contributed by atoms with Crippen molar-refractivity contribution in [3.63, 3.8) is 0 Å². The molecule has 1 atom stereocenters. The van der Waals surface area contributed by atoms with Gasteiger partial charge in [-0.1, -0.05) is 18.2 Å². The van der Waals surface area contributed by atoms with Crippen molar-refractivity contribution >= 4 is 22.5 Å². The zero-order valence-electron chi connectivity index (χ0n) is 18.3. The monoisotopic (exact) mass is 460 g/mol. The summed E-state index contributed by atoms with van der Waals surface area (Å²) in [6, 6.07) is 6.72. The van der Waals surface area contributed by atoms with Crippen LogP contribution in [0.15, 0.2) is 36.5 Å². The van der Waals surface area contributed by atoms with Gasteiger partial charge >= 0.3 is 0 Å². The van der Waals surface area contributed by atoms with Crippen LogP contribution in [0.4, 0.5) is 18.9 Å². The van der Waals surface area contributed by atoms with Gasteiger partial charge in [0.2, 0.25) is 5.91 Å². The second kappa shape index (κ2) is 9.13. The average molecular weight is 460 g/mol. The summed E-state index contributed by atoms with van der Waals surface area (Å²) in [7, 11) is 1.51. The van der Waals surface area contributed by atoms with E-state index in [2.05, 4.69) is 15.5 Å². The third-order valence-corrected chi connectivity index (χ3v) is 5.64. The molecule has 0 saturated carbocycles. The topological polar surface area (TPSA) is 76.6 Å². The first-order valence-corrected chi connectivity index (χ1v) is 10.4. The number of hydrogen-bond acceptors (Lipinski definition) is 6. The second-order valence-electron chi connectivity index (χ2n) is 7.86. The molecule has 2 aromatic carbocycles. The number of nitrogens with one attached hydrogen (secondary N) is 1. The van der Waals surface area contributed by atoms with E-state index in [1.54, 1.807) is 24.0 Å². The number of nitrogens with zero attached hydrogens (tertiary/aromatic N) is 3. The molecule has 0 spiro atoms. The molecular formula is C23H23F3N4O3. The van der Waals surface area contributed by atoms with Gasteiger partial charge in [-0.15, -0.1) is 0 Å². The highest BCUT2D eigenvalue weighted by atomic mass is 19.3. The van der Waals surface area contributed by atoms with Gasteiger partial charge in [0.15, 0.2) is 11.5 Å². The molecule has 1 N–H and O–H groups in total. The number of likely N-dealkylation sites (tertiary alicyclic amines) is 1. The first-order valence-electron chi connectivity index (χ1n) is 10.4. The van der Waals surface area contributed by atoms with E-state index in [-0.39, 0.29) is 17.6 Å². The fraction of sp³-hybridized carbons (Fsp3) is 0.348. The van der Waals surface area contributed by atoms with Crippen LogP contribution in [0, 0.1) is 5.82 Å². The number of amides is 1. The van der Waals surface area contributed by atoms with E-state index in [9.17, 15) is 18.0 Å². The van der Waals surface area contributed by atoms with Crippen LogP contribution in [-0.2, 0) is 4.79 Å². The third-order valence-electron chi connectivity index (χ3n) is 5.64. The number of carbonyl (C=O) groups excluding carboxylic acids is 1. The van der Waals surface area contributed by atoms with Crippen molar-refractivity contribution in [1.82, 2.24) is 15.1 Å². The number of halogens is 3. The summed E-state index contributed by atoms with van der Waals surface area (Å²) in [6.45, 7) is 4.13. The Morgan fingerprint density at radius 1 is 1.21 bits per heavy atom. The summed E-state index contributed by atoms with van der Waals surface area (Å²) >= 11 is 0. The van der Waals surface area contributed by atoms with Gasteiger partial charge in [-0.2, -0.15) is 10.2 Å². The van der Waals surface area contributed by atoms with E-state index in [0.29, 0.717) is 41.2 Å². The molecule has 1 saturated heterocycles. The zero-order valence-corrected chi connectivity index (χ0v) is 18.3. The number of rotatable bonds is 7. The Bertz CT molecular complexity index is 1190. The predicted molar refractivity (Wildman–Crippen MR) is 116 cm³/mol. The van der Waals surface area contributed by atoms with E-state index in [0.717, 1.165) is 6.07 Å². The van der Waals surface area contributed by atoms with Gasteiger partial charge < -0.3 is 19.7 Å². The maximum absolute atomic E-state index is 14.6. The highest BCUT2D eigenvalue weighted by Gasteiger charge is 2.31. The Labute approximate surface area is 188 Å². The fourth-order valence-electron chi connectivity index (χ4n) is 3.76. The van der Waals surface area contributed by atoms with Crippen LogP contribution >= 0.6 is 0 Å². The summed E-state index contributed by atoms with van der Waals surface area (Å²) in [5, 5.41) is 11.9. The fourth-order valence-corrected chi connectivity index (χ4v) is 3.76. The molecule has 33 heavy (non-hydrogen) atoms. The SMILES string of the molecule is COc1cc2nncc(N[C@H](C)c3cccc(C(F)F)c3F)c2cc1OC1CN(C(C)=O)C1. The summed E-state index contributed by atoms with van der Waals surface area (Å²) in [4.78, 5) is 13.1. The molecule has 1 aromatic heterocycles. The largest absolute Gasteiger partial charge is 0.493 e. The van der Waals surface area contributed by atoms with Gasteiger partial charge in [0.25, 0.3) is 6.43 Å². The summed E-state index contributed by atoms with van der Waals surface area (Å²) < 4.78 is 52.3. The van der Waals surface area contributed by atoms with E-state index in [1.165, 1.54) is 32.4 Å². The molecule has 1 amide bonds. The minimum atomic E-state index is -2.90. The van der Waals surface area contributed by atoms with Crippen molar-refractivity contribution in [2.75, 3.05) is 25.5 Å². The number of anilines is 1. The Morgan fingerprint density at radius 3 is 2.61 bits per heavy atom. The quantitative estimate of drug-likeness (QED) is 0.560. The van der Waals surface area contributed by atoms with Gasteiger partial charge in [-0.3, -0.25) is 4.79 Å². The van der Waals surface area contributed by atoms with Gasteiger partial charge in [-0.05, 0) is 13.0 Å². The van der Waals surface area contributed by atoms with Crippen molar-refractivity contribution < 1.29 is 27.4 Å². The number of benzene rings is 2. The summed E-state index contributed by atoms with van der Waals surface area (Å²) in [6.07, 6.45) is -1.60. The van der Waals surface area contributed by atoms with Crippen LogP contribution in [0.2, 0.25) is 0 Å². The highest BCUT2D eigenvalue weighted by Crippen LogP contribution is 2.37. The van der Waals surface area contributed by atoms with Crippen LogP contribution in [0.1, 0.15) is 37.4 Å². The van der Waals surface area contributed by atoms with Crippen LogP contribution < -0.4 is 14.8 Å².